The Morgan fingerprint density at radius 3 is 2.58 bits per heavy atom. The van der Waals surface area contributed by atoms with Crippen molar-refractivity contribution in [3.63, 3.8) is 0 Å². The van der Waals surface area contributed by atoms with Crippen molar-refractivity contribution >= 4 is 29.0 Å². The molecule has 12 heavy (non-hydrogen) atoms. The van der Waals surface area contributed by atoms with Crippen LogP contribution in [-0.4, -0.2) is 5.16 Å². The Morgan fingerprint density at radius 1 is 1.33 bits per heavy atom. The second-order valence-electron chi connectivity index (χ2n) is 2.31. The zero-order valence-electron chi connectivity index (χ0n) is 6.46. The van der Waals surface area contributed by atoms with Crippen molar-refractivity contribution in [3.8, 4) is 0 Å². The molecule has 0 N–H and O–H groups in total. The molecule has 0 aromatic heterocycles. The third-order valence-electron chi connectivity index (χ3n) is 1.58. The van der Waals surface area contributed by atoms with E-state index in [-0.39, 0.29) is 0 Å². The zero-order chi connectivity index (χ0) is 8.81. The number of alkyl halides is 1. The van der Waals surface area contributed by atoms with Gasteiger partial charge in [0, 0.05) is 5.88 Å². The second kappa shape index (κ2) is 5.04. The van der Waals surface area contributed by atoms with Gasteiger partial charge in [0.05, 0.1) is 11.7 Å². The van der Waals surface area contributed by atoms with Gasteiger partial charge in [0.1, 0.15) is 0 Å². The SMILES string of the molecule is S=C=NCc1ccccc1CCl. The lowest BCUT2D eigenvalue weighted by molar-refractivity contribution is 1.05. The summed E-state index contributed by atoms with van der Waals surface area (Å²) in [6.07, 6.45) is 0. The molecule has 0 unspecified atom stereocenters. The monoisotopic (exact) mass is 197 g/mol. The minimum Gasteiger partial charge on any atom is -0.228 e. The highest BCUT2D eigenvalue weighted by Gasteiger charge is 1.97. The van der Waals surface area contributed by atoms with Crippen LogP contribution >= 0.6 is 23.8 Å². The molecule has 0 aliphatic heterocycles. The highest BCUT2D eigenvalue weighted by atomic mass is 35.5. The first kappa shape index (κ1) is 9.40. The van der Waals surface area contributed by atoms with Gasteiger partial charge in [-0.25, -0.2) is 4.99 Å². The fourth-order valence-electron chi connectivity index (χ4n) is 0.960. The van der Waals surface area contributed by atoms with E-state index in [0.29, 0.717) is 12.4 Å². The average Bonchev–Trinajstić information content (AvgIpc) is 2.15. The maximum absolute atomic E-state index is 5.72. The Kier molecular flexibility index (Phi) is 3.95. The first-order valence-corrected chi connectivity index (χ1v) is 4.49. The van der Waals surface area contributed by atoms with E-state index in [0.717, 1.165) is 11.1 Å². The van der Waals surface area contributed by atoms with E-state index in [1.165, 1.54) is 0 Å². The van der Waals surface area contributed by atoms with Gasteiger partial charge in [-0.1, -0.05) is 24.3 Å². The number of isothiocyanates is 1. The third-order valence-corrected chi connectivity index (χ3v) is 1.99. The number of hydrogen-bond acceptors (Lipinski definition) is 2. The van der Waals surface area contributed by atoms with Crippen LogP contribution in [0.25, 0.3) is 0 Å². The van der Waals surface area contributed by atoms with Gasteiger partial charge in [-0.2, -0.15) is 0 Å². The molecule has 62 valence electrons. The van der Waals surface area contributed by atoms with Crippen LogP contribution in [0.3, 0.4) is 0 Å². The third kappa shape index (κ3) is 2.42. The van der Waals surface area contributed by atoms with E-state index in [1.54, 1.807) is 0 Å². The molecule has 3 heteroatoms. The van der Waals surface area contributed by atoms with Crippen molar-refractivity contribution in [3.05, 3.63) is 35.4 Å². The van der Waals surface area contributed by atoms with Crippen molar-refractivity contribution in [1.29, 1.82) is 0 Å². The zero-order valence-corrected chi connectivity index (χ0v) is 8.03. The molecule has 0 fully saturated rings. The lowest BCUT2D eigenvalue weighted by Gasteiger charge is -2.01. The van der Waals surface area contributed by atoms with Crippen molar-refractivity contribution in [2.45, 2.75) is 12.4 Å². The van der Waals surface area contributed by atoms with E-state index in [1.807, 2.05) is 24.3 Å². The molecule has 0 aliphatic rings. The Labute approximate surface area is 82.1 Å². The number of thiocarbonyl (C=S) groups is 1. The molecule has 0 saturated heterocycles. The summed E-state index contributed by atoms with van der Waals surface area (Å²) in [5.41, 5.74) is 2.22. The largest absolute Gasteiger partial charge is 0.228 e. The normalized spacial score (nSPS) is 9.08. The van der Waals surface area contributed by atoms with Crippen molar-refractivity contribution < 1.29 is 0 Å². The van der Waals surface area contributed by atoms with Gasteiger partial charge in [-0.05, 0) is 23.3 Å². The van der Waals surface area contributed by atoms with Crippen LogP contribution in [0.15, 0.2) is 29.3 Å². The molecule has 0 spiro atoms. The van der Waals surface area contributed by atoms with Crippen LogP contribution in [0.4, 0.5) is 0 Å². The van der Waals surface area contributed by atoms with E-state index in [2.05, 4.69) is 22.4 Å². The highest BCUT2D eigenvalue weighted by molar-refractivity contribution is 7.78. The van der Waals surface area contributed by atoms with Crippen molar-refractivity contribution in [2.75, 3.05) is 0 Å². The molecule has 1 nitrogen and oxygen atoms in total. The molecule has 1 aromatic rings. The molecular weight excluding hydrogens is 190 g/mol. The molecular formula is C9H8ClNS. The second-order valence-corrected chi connectivity index (χ2v) is 2.76. The van der Waals surface area contributed by atoms with Crippen LogP contribution < -0.4 is 0 Å². The Balaban J connectivity index is 2.88. The predicted octanol–water partition coefficient (Wildman–Crippen LogP) is 3.03. The molecule has 0 heterocycles. The summed E-state index contributed by atoms with van der Waals surface area (Å²) in [6.45, 7) is 0.576. The fraction of sp³-hybridized carbons (Fsp3) is 0.222. The highest BCUT2D eigenvalue weighted by Crippen LogP contribution is 2.11. The molecule has 1 aromatic carbocycles. The van der Waals surface area contributed by atoms with Gasteiger partial charge in [-0.3, -0.25) is 0 Å². The number of hydrogen-bond donors (Lipinski definition) is 0. The van der Waals surface area contributed by atoms with Gasteiger partial charge < -0.3 is 0 Å². The van der Waals surface area contributed by atoms with Crippen molar-refractivity contribution in [1.82, 2.24) is 0 Å². The first-order chi connectivity index (χ1) is 5.88. The molecule has 1 rings (SSSR count). The lowest BCUT2D eigenvalue weighted by Crippen LogP contribution is -1.88. The number of benzene rings is 1. The summed E-state index contributed by atoms with van der Waals surface area (Å²) in [6, 6.07) is 7.90. The quantitative estimate of drug-likeness (QED) is 0.412. The molecule has 0 aliphatic carbocycles. The van der Waals surface area contributed by atoms with E-state index < -0.39 is 0 Å². The standard InChI is InChI=1S/C9H8ClNS/c10-5-8-3-1-2-4-9(8)6-11-7-12/h1-4H,5-6H2. The minimum atomic E-state index is 0.517. The van der Waals surface area contributed by atoms with E-state index in [9.17, 15) is 0 Å². The lowest BCUT2D eigenvalue weighted by atomic mass is 10.1. The maximum atomic E-state index is 5.72. The number of halogens is 1. The van der Waals surface area contributed by atoms with Crippen molar-refractivity contribution in [2.24, 2.45) is 4.99 Å². The first-order valence-electron chi connectivity index (χ1n) is 3.55. The molecule has 0 radical (unpaired) electrons. The van der Waals surface area contributed by atoms with Gasteiger partial charge in [0.15, 0.2) is 0 Å². The van der Waals surface area contributed by atoms with Gasteiger partial charge in [-0.15, -0.1) is 11.6 Å². The van der Waals surface area contributed by atoms with Gasteiger partial charge in [0.25, 0.3) is 0 Å². The van der Waals surface area contributed by atoms with Crippen LogP contribution in [0.1, 0.15) is 11.1 Å². The molecule has 0 bridgehead atoms. The Bertz CT molecular complexity index is 305. The number of rotatable bonds is 3. The van der Waals surface area contributed by atoms with E-state index >= 15 is 0 Å². The molecule has 0 amide bonds. The summed E-state index contributed by atoms with van der Waals surface area (Å²) in [5.74, 6) is 0.517. The van der Waals surface area contributed by atoms with Crippen LogP contribution in [0.2, 0.25) is 0 Å². The predicted molar refractivity (Wildman–Crippen MR) is 54.7 cm³/mol. The minimum absolute atomic E-state index is 0.517. The topological polar surface area (TPSA) is 12.4 Å². The van der Waals surface area contributed by atoms with Crippen LogP contribution in [0, 0.1) is 0 Å². The maximum Gasteiger partial charge on any atom is 0.0746 e. The van der Waals surface area contributed by atoms with Gasteiger partial charge in [0.2, 0.25) is 0 Å². The summed E-state index contributed by atoms with van der Waals surface area (Å²) >= 11 is 10.2. The summed E-state index contributed by atoms with van der Waals surface area (Å²) in [4.78, 5) is 3.86. The Hall–Kier alpha value is -0.690. The summed E-state index contributed by atoms with van der Waals surface area (Å²) in [7, 11) is 0. The molecule has 0 atom stereocenters. The number of aliphatic imine (C=N–C) groups is 1. The fourth-order valence-corrected chi connectivity index (χ4v) is 1.28. The van der Waals surface area contributed by atoms with Crippen LogP contribution in [-0.2, 0) is 12.4 Å². The average molecular weight is 198 g/mol. The van der Waals surface area contributed by atoms with E-state index in [4.69, 9.17) is 11.6 Å². The smallest absolute Gasteiger partial charge is 0.0746 e. The summed E-state index contributed by atoms with van der Waals surface area (Å²) < 4.78 is 0. The summed E-state index contributed by atoms with van der Waals surface area (Å²) in [5, 5.41) is 2.33. The molecule has 0 saturated carbocycles. The van der Waals surface area contributed by atoms with Gasteiger partial charge >= 0.3 is 0 Å². The van der Waals surface area contributed by atoms with Crippen LogP contribution in [0.5, 0.6) is 0 Å². The number of nitrogens with zero attached hydrogens (tertiary/aromatic N) is 1. The Morgan fingerprint density at radius 2 is 2.00 bits per heavy atom.